The molecule has 16 heavy (non-hydrogen) atoms. The summed E-state index contributed by atoms with van der Waals surface area (Å²) in [5, 5.41) is 10.8. The van der Waals surface area contributed by atoms with Crippen LogP contribution in [0.25, 0.3) is 0 Å². The summed E-state index contributed by atoms with van der Waals surface area (Å²) in [4.78, 5) is 11.7. The molecule has 0 saturated carbocycles. The van der Waals surface area contributed by atoms with E-state index in [2.05, 4.69) is 10.4 Å². The van der Waals surface area contributed by atoms with E-state index >= 15 is 0 Å². The summed E-state index contributed by atoms with van der Waals surface area (Å²) in [6.07, 6.45) is 3.61. The van der Waals surface area contributed by atoms with E-state index in [9.17, 15) is 4.79 Å². The molecule has 0 radical (unpaired) electrons. The molecule has 1 atom stereocenters. The molecule has 0 saturated heterocycles. The summed E-state index contributed by atoms with van der Waals surface area (Å²) < 4.78 is 1.80. The molecule has 84 valence electrons. The Morgan fingerprint density at radius 3 is 3.19 bits per heavy atom. The molecule has 0 bridgehead atoms. The van der Waals surface area contributed by atoms with Gasteiger partial charge in [-0.2, -0.15) is 16.4 Å². The number of amides is 1. The van der Waals surface area contributed by atoms with Gasteiger partial charge in [0.2, 0.25) is 0 Å². The van der Waals surface area contributed by atoms with E-state index in [1.807, 2.05) is 36.0 Å². The topological polar surface area (TPSA) is 46.9 Å². The molecular weight excluding hydrogens is 222 g/mol. The Balaban J connectivity index is 1.88. The second-order valence-electron chi connectivity index (χ2n) is 3.61. The molecule has 2 heterocycles. The Labute approximate surface area is 97.9 Å². The molecule has 2 rings (SSSR count). The molecule has 4 nitrogen and oxygen atoms in total. The highest BCUT2D eigenvalue weighted by atomic mass is 32.1. The highest BCUT2D eigenvalue weighted by Gasteiger charge is 2.10. The Hall–Kier alpha value is -1.62. The van der Waals surface area contributed by atoms with Crippen LogP contribution in [-0.4, -0.2) is 21.7 Å². The van der Waals surface area contributed by atoms with Crippen LogP contribution in [0.3, 0.4) is 0 Å². The lowest BCUT2D eigenvalue weighted by molar-refractivity contribution is 0.0936. The number of carbonyl (C=O) groups is 1. The maximum Gasteiger partial charge on any atom is 0.252 e. The van der Waals surface area contributed by atoms with Crippen molar-refractivity contribution in [1.29, 1.82) is 0 Å². The van der Waals surface area contributed by atoms with Crippen molar-refractivity contribution in [2.24, 2.45) is 0 Å². The average molecular weight is 235 g/mol. The fourth-order valence-electron chi connectivity index (χ4n) is 1.44. The summed E-state index contributed by atoms with van der Waals surface area (Å²) in [7, 11) is 0. The van der Waals surface area contributed by atoms with Gasteiger partial charge in [-0.05, 0) is 24.4 Å². The number of hydrogen-bond acceptors (Lipinski definition) is 3. The van der Waals surface area contributed by atoms with E-state index in [1.165, 1.54) is 11.3 Å². The van der Waals surface area contributed by atoms with E-state index in [0.29, 0.717) is 6.54 Å². The van der Waals surface area contributed by atoms with Crippen LogP contribution in [0, 0.1) is 0 Å². The van der Waals surface area contributed by atoms with Crippen LogP contribution in [0.1, 0.15) is 17.3 Å². The summed E-state index contributed by atoms with van der Waals surface area (Å²) in [6.45, 7) is 2.65. The SMILES string of the molecule is C[C@@H](Cn1cccn1)NC(=O)c1ccsc1. The first-order chi connectivity index (χ1) is 7.75. The molecule has 2 aromatic heterocycles. The Kier molecular flexibility index (Phi) is 3.36. The first kappa shape index (κ1) is 10.9. The van der Waals surface area contributed by atoms with Crippen molar-refractivity contribution in [3.8, 4) is 0 Å². The van der Waals surface area contributed by atoms with Crippen LogP contribution in [0.15, 0.2) is 35.3 Å². The predicted octanol–water partition coefficient (Wildman–Crippen LogP) is 1.76. The Morgan fingerprint density at radius 2 is 2.56 bits per heavy atom. The van der Waals surface area contributed by atoms with Crippen molar-refractivity contribution in [2.45, 2.75) is 19.5 Å². The van der Waals surface area contributed by atoms with E-state index in [0.717, 1.165) is 5.56 Å². The van der Waals surface area contributed by atoms with Crippen molar-refractivity contribution in [3.05, 3.63) is 40.8 Å². The molecule has 0 aliphatic carbocycles. The molecule has 0 aromatic carbocycles. The fourth-order valence-corrected chi connectivity index (χ4v) is 2.07. The smallest absolute Gasteiger partial charge is 0.252 e. The highest BCUT2D eigenvalue weighted by Crippen LogP contribution is 2.05. The normalized spacial score (nSPS) is 12.3. The quantitative estimate of drug-likeness (QED) is 0.877. The van der Waals surface area contributed by atoms with Crippen molar-refractivity contribution in [2.75, 3.05) is 0 Å². The summed E-state index contributed by atoms with van der Waals surface area (Å²) >= 11 is 1.52. The van der Waals surface area contributed by atoms with E-state index in [1.54, 1.807) is 10.9 Å². The molecule has 1 amide bonds. The third-order valence-corrected chi connectivity index (χ3v) is 2.86. The van der Waals surface area contributed by atoms with Crippen molar-refractivity contribution in [3.63, 3.8) is 0 Å². The van der Waals surface area contributed by atoms with Gasteiger partial charge in [-0.1, -0.05) is 0 Å². The maximum absolute atomic E-state index is 11.7. The van der Waals surface area contributed by atoms with Crippen LogP contribution >= 0.6 is 11.3 Å². The number of rotatable bonds is 4. The molecule has 0 fully saturated rings. The lowest BCUT2D eigenvalue weighted by Gasteiger charge is -2.13. The molecule has 0 aliphatic rings. The molecule has 1 N–H and O–H groups in total. The second-order valence-corrected chi connectivity index (χ2v) is 4.39. The zero-order valence-corrected chi connectivity index (χ0v) is 9.78. The largest absolute Gasteiger partial charge is 0.348 e. The molecule has 2 aromatic rings. The number of thiophene rings is 1. The van der Waals surface area contributed by atoms with Gasteiger partial charge in [-0.3, -0.25) is 9.48 Å². The van der Waals surface area contributed by atoms with Gasteiger partial charge in [0.25, 0.3) is 5.91 Å². The second kappa shape index (κ2) is 4.94. The number of aromatic nitrogens is 2. The van der Waals surface area contributed by atoms with Gasteiger partial charge < -0.3 is 5.32 Å². The Bertz CT molecular complexity index is 436. The Morgan fingerprint density at radius 1 is 1.69 bits per heavy atom. The van der Waals surface area contributed by atoms with Gasteiger partial charge in [-0.15, -0.1) is 0 Å². The minimum absolute atomic E-state index is 0.0269. The van der Waals surface area contributed by atoms with Gasteiger partial charge in [-0.25, -0.2) is 0 Å². The number of carbonyl (C=O) groups excluding carboxylic acids is 1. The molecule has 0 unspecified atom stereocenters. The molecular formula is C11H13N3OS. The van der Waals surface area contributed by atoms with Gasteiger partial charge >= 0.3 is 0 Å². The first-order valence-electron chi connectivity index (χ1n) is 5.06. The number of hydrogen-bond donors (Lipinski definition) is 1. The zero-order valence-electron chi connectivity index (χ0n) is 8.96. The van der Waals surface area contributed by atoms with Crippen molar-refractivity contribution in [1.82, 2.24) is 15.1 Å². The summed E-state index contributed by atoms with van der Waals surface area (Å²) in [6, 6.07) is 3.75. The summed E-state index contributed by atoms with van der Waals surface area (Å²) in [5.41, 5.74) is 0.720. The van der Waals surface area contributed by atoms with Gasteiger partial charge in [0.1, 0.15) is 0 Å². The van der Waals surface area contributed by atoms with Gasteiger partial charge in [0.15, 0.2) is 0 Å². The number of nitrogens with zero attached hydrogens (tertiary/aromatic N) is 2. The zero-order chi connectivity index (χ0) is 11.4. The lowest BCUT2D eigenvalue weighted by atomic mass is 10.2. The summed E-state index contributed by atoms with van der Waals surface area (Å²) in [5.74, 6) is -0.0269. The van der Waals surface area contributed by atoms with Crippen molar-refractivity contribution >= 4 is 17.2 Å². The third kappa shape index (κ3) is 2.70. The number of nitrogens with one attached hydrogen (secondary N) is 1. The fraction of sp³-hybridized carbons (Fsp3) is 0.273. The van der Waals surface area contributed by atoms with E-state index in [4.69, 9.17) is 0 Å². The van der Waals surface area contributed by atoms with Crippen molar-refractivity contribution < 1.29 is 4.79 Å². The molecule has 0 aliphatic heterocycles. The minimum atomic E-state index is -0.0269. The standard InChI is InChI=1S/C11H13N3OS/c1-9(7-14-5-2-4-12-14)13-11(15)10-3-6-16-8-10/h2-6,8-9H,7H2,1H3,(H,13,15)/t9-/m0/s1. The van der Waals surface area contributed by atoms with Crippen LogP contribution in [0.2, 0.25) is 0 Å². The van der Waals surface area contributed by atoms with E-state index in [-0.39, 0.29) is 11.9 Å². The lowest BCUT2D eigenvalue weighted by Crippen LogP contribution is -2.35. The van der Waals surface area contributed by atoms with Gasteiger partial charge in [0, 0.05) is 29.4 Å². The van der Waals surface area contributed by atoms with Crippen LogP contribution in [-0.2, 0) is 6.54 Å². The third-order valence-electron chi connectivity index (χ3n) is 2.18. The predicted molar refractivity (Wildman–Crippen MR) is 63.5 cm³/mol. The first-order valence-corrected chi connectivity index (χ1v) is 6.00. The minimum Gasteiger partial charge on any atom is -0.348 e. The van der Waals surface area contributed by atoms with Crippen LogP contribution in [0.4, 0.5) is 0 Å². The van der Waals surface area contributed by atoms with Crippen LogP contribution < -0.4 is 5.32 Å². The molecule has 5 heteroatoms. The van der Waals surface area contributed by atoms with Crippen LogP contribution in [0.5, 0.6) is 0 Å². The monoisotopic (exact) mass is 235 g/mol. The molecule has 0 spiro atoms. The van der Waals surface area contributed by atoms with Gasteiger partial charge in [0.05, 0.1) is 6.54 Å². The highest BCUT2D eigenvalue weighted by molar-refractivity contribution is 7.08. The average Bonchev–Trinajstić information content (AvgIpc) is 2.88. The van der Waals surface area contributed by atoms with E-state index < -0.39 is 0 Å². The maximum atomic E-state index is 11.7.